The largest absolute Gasteiger partial charge is 0.368 e. The van der Waals surface area contributed by atoms with Crippen molar-refractivity contribution in [2.24, 2.45) is 0 Å². The number of rotatable bonds is 7. The lowest BCUT2D eigenvalue weighted by Crippen LogP contribution is -2.58. The Bertz CT molecular complexity index is 1360. The zero-order chi connectivity index (χ0) is 29.5. The van der Waals surface area contributed by atoms with Gasteiger partial charge in [-0.3, -0.25) is 14.6 Å². The van der Waals surface area contributed by atoms with Gasteiger partial charge in [0.25, 0.3) is 5.91 Å². The van der Waals surface area contributed by atoms with Gasteiger partial charge in [0.1, 0.15) is 6.04 Å². The molecule has 0 unspecified atom stereocenters. The molecule has 2 N–H and O–H groups in total. The molecule has 2 fully saturated rings. The summed E-state index contributed by atoms with van der Waals surface area (Å²) in [7, 11) is 0. The Kier molecular flexibility index (Phi) is 10.1. The molecule has 2 aliphatic heterocycles. The molecule has 0 bridgehead atoms. The molecule has 220 valence electrons. The van der Waals surface area contributed by atoms with E-state index in [0.717, 1.165) is 20.2 Å². The van der Waals surface area contributed by atoms with Crippen molar-refractivity contribution in [1.82, 2.24) is 25.4 Å². The lowest BCUT2D eigenvalue weighted by Gasteiger charge is -2.38. The number of piperazine rings is 1. The lowest BCUT2D eigenvalue weighted by molar-refractivity contribution is -0.133. The van der Waals surface area contributed by atoms with Crippen LogP contribution < -0.4 is 15.5 Å². The average molecular weight is 698 g/mol. The van der Waals surface area contributed by atoms with E-state index in [2.05, 4.69) is 52.4 Å². The number of likely N-dealkylation sites (tertiary alicyclic amines) is 1. The van der Waals surface area contributed by atoms with E-state index in [0.29, 0.717) is 64.1 Å². The first kappa shape index (κ1) is 30.0. The zero-order valence-corrected chi connectivity index (χ0v) is 26.4. The summed E-state index contributed by atoms with van der Waals surface area (Å²) >= 11 is 7.07. The van der Waals surface area contributed by atoms with Crippen molar-refractivity contribution in [2.75, 3.05) is 44.2 Å². The first-order valence-corrected chi connectivity index (χ1v) is 15.7. The van der Waals surface area contributed by atoms with Gasteiger partial charge >= 0.3 is 6.03 Å². The highest BCUT2D eigenvalue weighted by Crippen LogP contribution is 2.22. The van der Waals surface area contributed by atoms with Crippen LogP contribution in [0.15, 0.2) is 82.0 Å². The third-order valence-corrected chi connectivity index (χ3v) is 8.65. The third kappa shape index (κ3) is 7.89. The van der Waals surface area contributed by atoms with Crippen molar-refractivity contribution in [1.29, 1.82) is 0 Å². The van der Waals surface area contributed by atoms with Crippen molar-refractivity contribution in [3.8, 4) is 0 Å². The Hall–Kier alpha value is -3.44. The van der Waals surface area contributed by atoms with E-state index in [9.17, 15) is 14.4 Å². The summed E-state index contributed by atoms with van der Waals surface area (Å²) in [5, 5.41) is 6.13. The predicted molar refractivity (Wildman–Crippen MR) is 169 cm³/mol. The van der Waals surface area contributed by atoms with Gasteiger partial charge in [0.15, 0.2) is 0 Å². The molecule has 0 radical (unpaired) electrons. The van der Waals surface area contributed by atoms with Crippen LogP contribution in [0.5, 0.6) is 0 Å². The second kappa shape index (κ2) is 14.2. The minimum Gasteiger partial charge on any atom is -0.368 e. The lowest BCUT2D eigenvalue weighted by atomic mass is 10.0. The van der Waals surface area contributed by atoms with E-state index in [1.807, 2.05) is 53.4 Å². The van der Waals surface area contributed by atoms with Gasteiger partial charge in [0.2, 0.25) is 5.91 Å². The van der Waals surface area contributed by atoms with Gasteiger partial charge in [0.05, 0.1) is 0 Å². The molecular formula is C31H34Br2N6O3. The Balaban J connectivity index is 1.21. The standard InChI is InChI=1S/C31H34Br2N6O3/c32-24-18-22(19-25(33)21-24)20-28(30(41)38-16-14-37(15-17-38)27-6-10-34-11-7-27)36-31(42)39-12-8-26(9-13-39)35-29(40)23-4-2-1-3-5-23/h1-7,10-11,18-19,21,26,28H,8-9,12-17,20H2,(H,35,40)(H,36,42)/t28-/m1/s1. The number of amides is 4. The number of carbonyl (C=O) groups is 3. The second-order valence-electron chi connectivity index (χ2n) is 10.6. The quantitative estimate of drug-likeness (QED) is 0.380. The smallest absolute Gasteiger partial charge is 0.318 e. The Morgan fingerprint density at radius 3 is 2.12 bits per heavy atom. The van der Waals surface area contributed by atoms with Crippen LogP contribution in [0.2, 0.25) is 0 Å². The molecule has 4 amide bonds. The number of aromatic nitrogens is 1. The number of hydrogen-bond acceptors (Lipinski definition) is 5. The number of halogens is 2. The maximum Gasteiger partial charge on any atom is 0.318 e. The summed E-state index contributed by atoms with van der Waals surface area (Å²) in [6, 6.07) is 18.0. The number of benzene rings is 2. The van der Waals surface area contributed by atoms with Crippen molar-refractivity contribution >= 4 is 55.4 Å². The van der Waals surface area contributed by atoms with Crippen LogP contribution in [0, 0.1) is 0 Å². The van der Waals surface area contributed by atoms with Crippen molar-refractivity contribution in [3.63, 3.8) is 0 Å². The molecule has 1 aromatic heterocycles. The minimum absolute atomic E-state index is 0.00473. The first-order valence-electron chi connectivity index (χ1n) is 14.2. The molecule has 9 nitrogen and oxygen atoms in total. The molecule has 5 rings (SSSR count). The van der Waals surface area contributed by atoms with Crippen LogP contribution in [-0.2, 0) is 11.2 Å². The fourth-order valence-corrected chi connectivity index (χ4v) is 6.84. The van der Waals surface area contributed by atoms with Gasteiger partial charge in [0, 0.05) is 84.3 Å². The molecule has 3 aromatic rings. The molecule has 2 aliphatic rings. The van der Waals surface area contributed by atoms with Crippen LogP contribution in [0.4, 0.5) is 10.5 Å². The number of pyridine rings is 1. The third-order valence-electron chi connectivity index (χ3n) is 7.73. The van der Waals surface area contributed by atoms with Crippen molar-refractivity contribution < 1.29 is 14.4 Å². The molecular weight excluding hydrogens is 664 g/mol. The summed E-state index contributed by atoms with van der Waals surface area (Å²) in [5.41, 5.74) is 2.65. The van der Waals surface area contributed by atoms with Crippen LogP contribution in [0.25, 0.3) is 0 Å². The summed E-state index contributed by atoms with van der Waals surface area (Å²) in [4.78, 5) is 49.8. The normalized spacial score (nSPS) is 16.6. The summed E-state index contributed by atoms with van der Waals surface area (Å²) in [6.45, 7) is 3.56. The topological polar surface area (TPSA) is 97.9 Å². The van der Waals surface area contributed by atoms with Crippen LogP contribution >= 0.6 is 31.9 Å². The summed E-state index contributed by atoms with van der Waals surface area (Å²) in [6.07, 6.45) is 5.22. The number of anilines is 1. The highest BCUT2D eigenvalue weighted by Gasteiger charge is 2.32. The molecule has 42 heavy (non-hydrogen) atoms. The van der Waals surface area contributed by atoms with E-state index in [-0.39, 0.29) is 23.9 Å². The first-order chi connectivity index (χ1) is 20.4. The molecule has 0 saturated carbocycles. The number of nitrogens with zero attached hydrogens (tertiary/aromatic N) is 4. The summed E-state index contributed by atoms with van der Waals surface area (Å²) < 4.78 is 1.80. The monoisotopic (exact) mass is 696 g/mol. The van der Waals surface area contributed by atoms with Crippen LogP contribution in [-0.4, -0.2) is 84.0 Å². The van der Waals surface area contributed by atoms with Gasteiger partial charge in [-0.05, 0) is 60.9 Å². The highest BCUT2D eigenvalue weighted by atomic mass is 79.9. The molecule has 0 spiro atoms. The maximum atomic E-state index is 13.8. The Morgan fingerprint density at radius 2 is 1.48 bits per heavy atom. The second-order valence-corrected chi connectivity index (χ2v) is 12.4. The molecule has 2 saturated heterocycles. The molecule has 11 heteroatoms. The highest BCUT2D eigenvalue weighted by molar-refractivity contribution is 9.11. The molecule has 1 atom stereocenters. The Morgan fingerprint density at radius 1 is 0.833 bits per heavy atom. The predicted octanol–water partition coefficient (Wildman–Crippen LogP) is 4.47. The van der Waals surface area contributed by atoms with Crippen molar-refractivity contribution in [3.05, 3.63) is 93.1 Å². The van der Waals surface area contributed by atoms with Gasteiger partial charge in [-0.2, -0.15) is 0 Å². The summed E-state index contributed by atoms with van der Waals surface area (Å²) in [5.74, 6) is -0.188. The van der Waals surface area contributed by atoms with E-state index >= 15 is 0 Å². The van der Waals surface area contributed by atoms with Gasteiger partial charge in [-0.25, -0.2) is 4.79 Å². The zero-order valence-electron chi connectivity index (χ0n) is 23.2. The van der Waals surface area contributed by atoms with E-state index in [1.54, 1.807) is 29.4 Å². The number of carbonyl (C=O) groups excluding carboxylic acids is 3. The Labute approximate surface area is 262 Å². The minimum atomic E-state index is -0.707. The molecule has 3 heterocycles. The van der Waals surface area contributed by atoms with Gasteiger partial charge in [-0.15, -0.1) is 0 Å². The van der Waals surface area contributed by atoms with Gasteiger partial charge < -0.3 is 25.3 Å². The SMILES string of the molecule is O=C(NC1CCN(C(=O)N[C@H](Cc2cc(Br)cc(Br)c2)C(=O)N2CCN(c3ccncc3)CC2)CC1)c1ccccc1. The fourth-order valence-electron chi connectivity index (χ4n) is 5.45. The number of hydrogen-bond donors (Lipinski definition) is 2. The number of urea groups is 1. The molecule has 0 aliphatic carbocycles. The molecule has 2 aromatic carbocycles. The van der Waals surface area contributed by atoms with E-state index in [4.69, 9.17) is 0 Å². The van der Waals surface area contributed by atoms with E-state index in [1.165, 1.54) is 0 Å². The van der Waals surface area contributed by atoms with Crippen LogP contribution in [0.1, 0.15) is 28.8 Å². The van der Waals surface area contributed by atoms with Crippen molar-refractivity contribution in [2.45, 2.75) is 31.3 Å². The van der Waals surface area contributed by atoms with Gasteiger partial charge in [-0.1, -0.05) is 50.1 Å². The number of nitrogens with one attached hydrogen (secondary N) is 2. The van der Waals surface area contributed by atoms with Crippen LogP contribution in [0.3, 0.4) is 0 Å². The fraction of sp³-hybridized carbons (Fsp3) is 0.355. The van der Waals surface area contributed by atoms with E-state index < -0.39 is 6.04 Å². The average Bonchev–Trinajstić information content (AvgIpc) is 3.01. The maximum absolute atomic E-state index is 13.8. The number of piperidine rings is 1.